The molecular weight excluding hydrogens is 268 g/mol. The van der Waals surface area contributed by atoms with Gasteiger partial charge in [0.15, 0.2) is 5.92 Å². The van der Waals surface area contributed by atoms with E-state index in [1.54, 1.807) is 13.8 Å². The minimum absolute atomic E-state index is 0.302. The summed E-state index contributed by atoms with van der Waals surface area (Å²) in [6.45, 7) is 4.11. The summed E-state index contributed by atoms with van der Waals surface area (Å²) in [5, 5.41) is 0. The van der Waals surface area contributed by atoms with Gasteiger partial charge in [-0.25, -0.2) is 0 Å². The molecule has 0 spiro atoms. The van der Waals surface area contributed by atoms with Crippen LogP contribution in [0, 0.1) is 11.8 Å². The van der Waals surface area contributed by atoms with Crippen LogP contribution in [0.1, 0.15) is 71.6 Å². The van der Waals surface area contributed by atoms with Gasteiger partial charge in [-0.2, -0.15) is 0 Å². The monoisotopic (exact) mass is 298 g/mol. The smallest absolute Gasteiger partial charge is 0.320 e. The maximum absolute atomic E-state index is 11.8. The van der Waals surface area contributed by atoms with Crippen molar-refractivity contribution in [2.24, 2.45) is 11.8 Å². The zero-order chi connectivity index (χ0) is 15.5. The number of hydrogen-bond acceptors (Lipinski definition) is 4. The van der Waals surface area contributed by atoms with E-state index in [1.807, 2.05) is 0 Å². The highest BCUT2D eigenvalue weighted by molar-refractivity contribution is 5.94. The maximum Gasteiger partial charge on any atom is 0.320 e. The van der Waals surface area contributed by atoms with Crippen molar-refractivity contribution in [2.45, 2.75) is 71.6 Å². The van der Waals surface area contributed by atoms with Crippen molar-refractivity contribution in [3.63, 3.8) is 0 Å². The van der Waals surface area contributed by atoms with Crippen molar-refractivity contribution in [3.8, 4) is 0 Å². The largest absolute Gasteiger partial charge is 0.465 e. The Labute approximate surface area is 128 Å². The van der Waals surface area contributed by atoms with E-state index in [1.165, 1.54) is 38.5 Å². The first-order chi connectivity index (χ1) is 10.2. The number of unbranched alkanes of at least 4 members (excludes halogenated alkanes) is 1. The van der Waals surface area contributed by atoms with Gasteiger partial charge < -0.3 is 9.47 Å². The maximum atomic E-state index is 11.8. The Morgan fingerprint density at radius 1 is 0.952 bits per heavy atom. The van der Waals surface area contributed by atoms with Crippen LogP contribution in [0.15, 0.2) is 0 Å². The first-order valence-corrected chi connectivity index (χ1v) is 8.52. The van der Waals surface area contributed by atoms with Crippen molar-refractivity contribution in [1.29, 1.82) is 0 Å². The average Bonchev–Trinajstić information content (AvgIpc) is 2.48. The van der Waals surface area contributed by atoms with Gasteiger partial charge in [0.1, 0.15) is 0 Å². The second kappa shape index (κ2) is 10.6. The van der Waals surface area contributed by atoms with Crippen LogP contribution in [0.4, 0.5) is 0 Å². The van der Waals surface area contributed by atoms with Crippen molar-refractivity contribution in [3.05, 3.63) is 0 Å². The fourth-order valence-electron chi connectivity index (χ4n) is 3.07. The molecule has 4 nitrogen and oxygen atoms in total. The van der Waals surface area contributed by atoms with Crippen LogP contribution in [0.2, 0.25) is 0 Å². The molecule has 0 aromatic rings. The Hall–Kier alpha value is -1.06. The summed E-state index contributed by atoms with van der Waals surface area (Å²) in [6, 6.07) is 0. The van der Waals surface area contributed by atoms with E-state index in [-0.39, 0.29) is 0 Å². The van der Waals surface area contributed by atoms with E-state index < -0.39 is 17.9 Å². The van der Waals surface area contributed by atoms with Gasteiger partial charge in [0.05, 0.1) is 13.2 Å². The number of ether oxygens (including phenoxy) is 2. The summed E-state index contributed by atoms with van der Waals surface area (Å²) in [5.41, 5.74) is 0. The molecule has 0 saturated heterocycles. The highest BCUT2D eigenvalue weighted by Crippen LogP contribution is 2.28. The molecule has 0 heterocycles. The average molecular weight is 298 g/mol. The zero-order valence-electron chi connectivity index (χ0n) is 13.6. The molecule has 21 heavy (non-hydrogen) atoms. The Balaban J connectivity index is 2.30. The molecule has 0 atom stereocenters. The highest BCUT2D eigenvalue weighted by atomic mass is 16.6. The van der Waals surface area contributed by atoms with Crippen molar-refractivity contribution in [1.82, 2.24) is 0 Å². The summed E-state index contributed by atoms with van der Waals surface area (Å²) >= 11 is 0. The third-order valence-corrected chi connectivity index (χ3v) is 4.22. The quantitative estimate of drug-likeness (QED) is 0.368. The van der Waals surface area contributed by atoms with Crippen LogP contribution < -0.4 is 0 Å². The minimum atomic E-state index is -0.740. The van der Waals surface area contributed by atoms with E-state index in [2.05, 4.69) is 0 Å². The summed E-state index contributed by atoms with van der Waals surface area (Å²) in [7, 11) is 0. The summed E-state index contributed by atoms with van der Waals surface area (Å²) < 4.78 is 9.96. The number of hydrogen-bond donors (Lipinski definition) is 0. The van der Waals surface area contributed by atoms with E-state index >= 15 is 0 Å². The molecule has 1 aliphatic rings. The van der Waals surface area contributed by atoms with E-state index in [0.717, 1.165) is 18.8 Å². The van der Waals surface area contributed by atoms with Crippen LogP contribution in [0.5, 0.6) is 0 Å². The van der Waals surface area contributed by atoms with E-state index in [9.17, 15) is 9.59 Å². The number of esters is 2. The first-order valence-electron chi connectivity index (χ1n) is 8.52. The molecule has 0 aromatic heterocycles. The summed E-state index contributed by atoms with van der Waals surface area (Å²) in [6.07, 6.45) is 10.5. The Morgan fingerprint density at radius 3 is 2.05 bits per heavy atom. The molecule has 0 N–H and O–H groups in total. The van der Waals surface area contributed by atoms with Gasteiger partial charge >= 0.3 is 11.9 Å². The molecule has 4 heteroatoms. The second-order valence-electron chi connectivity index (χ2n) is 5.85. The Kier molecular flexibility index (Phi) is 9.11. The Morgan fingerprint density at radius 2 is 1.52 bits per heavy atom. The molecule has 0 radical (unpaired) electrons. The third kappa shape index (κ3) is 6.96. The molecule has 0 bridgehead atoms. The van der Waals surface area contributed by atoms with Crippen molar-refractivity contribution >= 4 is 11.9 Å². The molecule has 122 valence electrons. The summed E-state index contributed by atoms with van der Waals surface area (Å²) in [5.74, 6) is -0.763. The lowest BCUT2D eigenvalue weighted by Crippen LogP contribution is -2.28. The predicted molar refractivity (Wildman–Crippen MR) is 81.8 cm³/mol. The number of rotatable bonds is 9. The molecule has 1 saturated carbocycles. The van der Waals surface area contributed by atoms with Crippen LogP contribution in [-0.4, -0.2) is 25.2 Å². The van der Waals surface area contributed by atoms with Gasteiger partial charge in [0.2, 0.25) is 0 Å². The Bertz CT molecular complexity index is 290. The molecule has 0 aliphatic heterocycles. The molecule has 0 unspecified atom stereocenters. The SMILES string of the molecule is CCOC(=O)C(CCCCC1CCCCC1)C(=O)OCC. The number of carbonyl (C=O) groups excluding carboxylic acids is 2. The zero-order valence-corrected chi connectivity index (χ0v) is 13.6. The van der Waals surface area contributed by atoms with Gasteiger partial charge in [0.25, 0.3) is 0 Å². The van der Waals surface area contributed by atoms with Crippen molar-refractivity contribution < 1.29 is 19.1 Å². The summed E-state index contributed by atoms with van der Waals surface area (Å²) in [4.78, 5) is 23.7. The normalized spacial score (nSPS) is 16.0. The van der Waals surface area contributed by atoms with Gasteiger partial charge in [-0.3, -0.25) is 9.59 Å². The van der Waals surface area contributed by atoms with Crippen LogP contribution >= 0.6 is 0 Å². The number of carbonyl (C=O) groups is 2. The fraction of sp³-hybridized carbons (Fsp3) is 0.882. The van der Waals surface area contributed by atoms with Crippen LogP contribution in [0.3, 0.4) is 0 Å². The van der Waals surface area contributed by atoms with Crippen LogP contribution in [-0.2, 0) is 19.1 Å². The standard InChI is InChI=1S/C17H30O4/c1-3-20-16(18)15(17(19)21-4-2)13-9-8-12-14-10-6-5-7-11-14/h14-15H,3-13H2,1-2H3. The first kappa shape index (κ1) is 18.0. The lowest BCUT2D eigenvalue weighted by Gasteiger charge is -2.21. The highest BCUT2D eigenvalue weighted by Gasteiger charge is 2.28. The van der Waals surface area contributed by atoms with E-state index in [4.69, 9.17) is 9.47 Å². The van der Waals surface area contributed by atoms with E-state index in [0.29, 0.717) is 19.6 Å². The third-order valence-electron chi connectivity index (χ3n) is 4.22. The van der Waals surface area contributed by atoms with Gasteiger partial charge in [-0.1, -0.05) is 51.4 Å². The lowest BCUT2D eigenvalue weighted by atomic mass is 9.85. The molecular formula is C17H30O4. The van der Waals surface area contributed by atoms with Gasteiger partial charge in [-0.05, 0) is 26.2 Å². The second-order valence-corrected chi connectivity index (χ2v) is 5.85. The van der Waals surface area contributed by atoms with Gasteiger partial charge in [-0.15, -0.1) is 0 Å². The molecule has 1 rings (SSSR count). The van der Waals surface area contributed by atoms with Gasteiger partial charge in [0, 0.05) is 0 Å². The molecule has 1 fully saturated rings. The topological polar surface area (TPSA) is 52.6 Å². The van der Waals surface area contributed by atoms with Crippen molar-refractivity contribution in [2.75, 3.05) is 13.2 Å². The molecule has 1 aliphatic carbocycles. The lowest BCUT2D eigenvalue weighted by molar-refractivity contribution is -0.161. The minimum Gasteiger partial charge on any atom is -0.465 e. The van der Waals surface area contributed by atoms with Crippen LogP contribution in [0.25, 0.3) is 0 Å². The predicted octanol–water partition coefficient (Wildman–Crippen LogP) is 3.87. The molecule has 0 amide bonds. The fourth-order valence-corrected chi connectivity index (χ4v) is 3.07. The molecule has 0 aromatic carbocycles.